The fourth-order valence-electron chi connectivity index (χ4n) is 1.17. The van der Waals surface area contributed by atoms with E-state index in [4.69, 9.17) is 9.94 Å². The second kappa shape index (κ2) is 5.80. The van der Waals surface area contributed by atoms with E-state index in [-0.39, 0.29) is 0 Å². The zero-order valence-corrected chi connectivity index (χ0v) is 8.51. The highest BCUT2D eigenvalue weighted by atomic mass is 16.6. The summed E-state index contributed by atoms with van der Waals surface area (Å²) in [6, 6.07) is 6.84. The van der Waals surface area contributed by atoms with Crippen LogP contribution in [0.4, 0.5) is 0 Å². The molecule has 1 N–H and O–H groups in total. The van der Waals surface area contributed by atoms with Gasteiger partial charge in [0.05, 0.1) is 5.56 Å². The van der Waals surface area contributed by atoms with E-state index in [2.05, 4.69) is 5.16 Å². The van der Waals surface area contributed by atoms with Gasteiger partial charge >= 0.3 is 5.97 Å². The first-order valence-electron chi connectivity index (χ1n) is 4.70. The number of rotatable bonds is 5. The topological polar surface area (TPSA) is 58.9 Å². The first kappa shape index (κ1) is 11.2. The van der Waals surface area contributed by atoms with Gasteiger partial charge < -0.3 is 9.94 Å². The predicted molar refractivity (Wildman–Crippen MR) is 57.2 cm³/mol. The smallest absolute Gasteiger partial charge is 0.335 e. The number of carboxylic acid groups (broad SMARTS) is 1. The van der Waals surface area contributed by atoms with Crippen LogP contribution in [-0.2, 0) is 11.3 Å². The summed E-state index contributed by atoms with van der Waals surface area (Å²) in [5, 5.41) is 12.6. The van der Waals surface area contributed by atoms with Crippen LogP contribution in [0.5, 0.6) is 0 Å². The maximum absolute atomic E-state index is 10.8. The normalized spacial score (nSPS) is 10.5. The zero-order chi connectivity index (χ0) is 11.1. The summed E-state index contributed by atoms with van der Waals surface area (Å²) in [6.45, 7) is 2.35. The van der Waals surface area contributed by atoms with Crippen molar-refractivity contribution in [1.29, 1.82) is 0 Å². The van der Waals surface area contributed by atoms with Gasteiger partial charge in [0.25, 0.3) is 0 Å². The van der Waals surface area contributed by atoms with Crippen LogP contribution in [-0.4, -0.2) is 23.9 Å². The van der Waals surface area contributed by atoms with E-state index in [1.807, 2.05) is 6.92 Å². The van der Waals surface area contributed by atoms with Gasteiger partial charge in [0.15, 0.2) is 0 Å². The number of carboxylic acids is 1. The third kappa shape index (κ3) is 3.42. The van der Waals surface area contributed by atoms with Crippen LogP contribution in [0.15, 0.2) is 29.4 Å². The molecule has 0 fully saturated rings. The average Bonchev–Trinajstić information content (AvgIpc) is 2.25. The van der Waals surface area contributed by atoms with Crippen molar-refractivity contribution in [2.75, 3.05) is 6.61 Å². The lowest BCUT2D eigenvalue weighted by Gasteiger charge is -2.01. The van der Waals surface area contributed by atoms with Crippen molar-refractivity contribution >= 4 is 12.2 Å². The van der Waals surface area contributed by atoms with Crippen molar-refractivity contribution in [3.63, 3.8) is 0 Å². The highest BCUT2D eigenvalue weighted by molar-refractivity contribution is 5.90. The monoisotopic (exact) mass is 207 g/mol. The molecule has 0 radical (unpaired) electrons. The molecule has 0 bridgehead atoms. The fourth-order valence-corrected chi connectivity index (χ4v) is 1.17. The van der Waals surface area contributed by atoms with E-state index in [1.165, 1.54) is 0 Å². The molecule has 4 heteroatoms. The molecule has 0 aliphatic rings. The van der Waals surface area contributed by atoms with Gasteiger partial charge in [-0.25, -0.2) is 4.79 Å². The molecule has 1 aromatic carbocycles. The third-order valence-corrected chi connectivity index (χ3v) is 1.84. The highest BCUT2D eigenvalue weighted by Crippen LogP contribution is 2.08. The number of nitrogens with zero attached hydrogens (tertiary/aromatic N) is 1. The molecule has 4 nitrogen and oxygen atoms in total. The number of hydrogen-bond acceptors (Lipinski definition) is 3. The van der Waals surface area contributed by atoms with Crippen molar-refractivity contribution < 1.29 is 14.7 Å². The minimum absolute atomic E-state index is 0.306. The van der Waals surface area contributed by atoms with Crippen molar-refractivity contribution in [1.82, 2.24) is 0 Å². The lowest BCUT2D eigenvalue weighted by Crippen LogP contribution is -2.02. The summed E-state index contributed by atoms with van der Waals surface area (Å²) < 4.78 is 0. The number of benzene rings is 1. The minimum Gasteiger partial charge on any atom is -0.478 e. The van der Waals surface area contributed by atoms with Crippen LogP contribution in [0.2, 0.25) is 0 Å². The van der Waals surface area contributed by atoms with Crippen LogP contribution >= 0.6 is 0 Å². The molecule has 1 rings (SSSR count). The number of hydrogen-bond donors (Lipinski definition) is 1. The lowest BCUT2D eigenvalue weighted by molar-refractivity contribution is 0.0696. The molecule has 0 aliphatic heterocycles. The van der Waals surface area contributed by atoms with Gasteiger partial charge in [-0.1, -0.05) is 23.4 Å². The molecule has 0 aliphatic carbocycles. The van der Waals surface area contributed by atoms with Crippen molar-refractivity contribution in [3.05, 3.63) is 35.4 Å². The summed E-state index contributed by atoms with van der Waals surface area (Å²) in [6.07, 6.45) is 2.02. The molecule has 0 atom stereocenters. The fraction of sp³-hybridized carbons (Fsp3) is 0.273. The van der Waals surface area contributed by atoms with E-state index in [9.17, 15) is 4.79 Å². The molecule has 1 aromatic rings. The Morgan fingerprint density at radius 3 is 2.93 bits per heavy atom. The third-order valence-electron chi connectivity index (χ3n) is 1.84. The minimum atomic E-state index is -0.921. The van der Waals surface area contributed by atoms with Crippen molar-refractivity contribution in [2.45, 2.75) is 13.3 Å². The SMILES string of the molecule is CCON=CCc1ccccc1C(=O)O. The van der Waals surface area contributed by atoms with Gasteiger partial charge in [0.1, 0.15) is 6.61 Å². The van der Waals surface area contributed by atoms with Gasteiger partial charge in [0.2, 0.25) is 0 Å². The Kier molecular flexibility index (Phi) is 4.34. The Labute approximate surface area is 88.2 Å². The summed E-state index contributed by atoms with van der Waals surface area (Å²) in [7, 11) is 0. The van der Waals surface area contributed by atoms with Gasteiger partial charge in [0, 0.05) is 12.6 Å². The zero-order valence-electron chi connectivity index (χ0n) is 8.51. The maximum Gasteiger partial charge on any atom is 0.335 e. The Morgan fingerprint density at radius 1 is 1.53 bits per heavy atom. The van der Waals surface area contributed by atoms with E-state index in [1.54, 1.807) is 30.5 Å². The Morgan fingerprint density at radius 2 is 2.27 bits per heavy atom. The van der Waals surface area contributed by atoms with Crippen LogP contribution < -0.4 is 0 Å². The number of oxime groups is 1. The molecule has 0 spiro atoms. The highest BCUT2D eigenvalue weighted by Gasteiger charge is 2.06. The van der Waals surface area contributed by atoms with Crippen molar-refractivity contribution in [2.24, 2.45) is 5.16 Å². The second-order valence-electron chi connectivity index (χ2n) is 2.87. The quantitative estimate of drug-likeness (QED) is 0.593. The predicted octanol–water partition coefficient (Wildman–Crippen LogP) is 1.95. The Balaban J connectivity index is 2.71. The number of carbonyl (C=O) groups is 1. The molecule has 0 saturated carbocycles. The molecule has 0 amide bonds. The lowest BCUT2D eigenvalue weighted by atomic mass is 10.1. The molecule has 15 heavy (non-hydrogen) atoms. The van der Waals surface area contributed by atoms with Crippen LogP contribution in [0, 0.1) is 0 Å². The molecule has 0 saturated heterocycles. The summed E-state index contributed by atoms with van der Waals surface area (Å²) in [5.41, 5.74) is 1.04. The molecular formula is C11H13NO3. The standard InChI is InChI=1S/C11H13NO3/c1-2-15-12-8-7-9-5-3-4-6-10(9)11(13)14/h3-6,8H,2,7H2,1H3,(H,13,14). The molecular weight excluding hydrogens is 194 g/mol. The van der Waals surface area contributed by atoms with Gasteiger partial charge in [-0.2, -0.15) is 0 Å². The molecule has 0 heterocycles. The first-order valence-corrected chi connectivity index (χ1v) is 4.70. The average molecular weight is 207 g/mol. The van der Waals surface area contributed by atoms with Crippen LogP contribution in [0.3, 0.4) is 0 Å². The molecule has 80 valence electrons. The van der Waals surface area contributed by atoms with Crippen LogP contribution in [0.25, 0.3) is 0 Å². The van der Waals surface area contributed by atoms with Gasteiger partial charge in [-0.3, -0.25) is 0 Å². The van der Waals surface area contributed by atoms with E-state index >= 15 is 0 Å². The number of aromatic carboxylic acids is 1. The van der Waals surface area contributed by atoms with Gasteiger partial charge in [-0.15, -0.1) is 0 Å². The summed E-state index contributed by atoms with van der Waals surface area (Å²) in [4.78, 5) is 15.6. The van der Waals surface area contributed by atoms with E-state index in [0.717, 1.165) is 5.56 Å². The largest absolute Gasteiger partial charge is 0.478 e. The summed E-state index contributed by atoms with van der Waals surface area (Å²) in [5.74, 6) is -0.921. The maximum atomic E-state index is 10.8. The van der Waals surface area contributed by atoms with Gasteiger partial charge in [-0.05, 0) is 18.6 Å². The van der Waals surface area contributed by atoms with E-state index < -0.39 is 5.97 Å². The molecule has 0 aromatic heterocycles. The first-order chi connectivity index (χ1) is 7.25. The molecule has 0 unspecified atom stereocenters. The Hall–Kier alpha value is -1.84. The Bertz CT molecular complexity index is 361. The van der Waals surface area contributed by atoms with Crippen molar-refractivity contribution in [3.8, 4) is 0 Å². The van der Waals surface area contributed by atoms with E-state index in [0.29, 0.717) is 18.6 Å². The second-order valence-corrected chi connectivity index (χ2v) is 2.87. The summed E-state index contributed by atoms with van der Waals surface area (Å²) >= 11 is 0. The van der Waals surface area contributed by atoms with Crippen LogP contribution in [0.1, 0.15) is 22.8 Å².